The molecule has 9 heteroatoms. The van der Waals surface area contributed by atoms with Crippen LogP contribution in [-0.4, -0.2) is 87.5 Å². The molecule has 7 atom stereocenters. The van der Waals surface area contributed by atoms with Crippen molar-refractivity contribution in [3.8, 4) is 0 Å². The zero-order chi connectivity index (χ0) is 62.1. The first-order valence-electron chi connectivity index (χ1n) is 34.7. The van der Waals surface area contributed by atoms with Crippen molar-refractivity contribution < 1.29 is 39.8 Å². The third kappa shape index (κ3) is 51.8. The predicted octanol–water partition coefficient (Wildman–Crippen LogP) is 19.1. The number of carbonyl (C=O) groups is 1. The van der Waals surface area contributed by atoms with E-state index in [2.05, 4.69) is 165 Å². The summed E-state index contributed by atoms with van der Waals surface area (Å²) in [6, 6.07) is -0.842. The van der Waals surface area contributed by atoms with Crippen LogP contribution in [0.5, 0.6) is 0 Å². The first-order chi connectivity index (χ1) is 42.3. The van der Waals surface area contributed by atoms with E-state index in [1.807, 2.05) is 6.08 Å². The highest BCUT2D eigenvalue weighted by Crippen LogP contribution is 2.23. The van der Waals surface area contributed by atoms with E-state index < -0.39 is 49.5 Å². The van der Waals surface area contributed by atoms with E-state index in [4.69, 9.17) is 9.47 Å². The zero-order valence-corrected chi connectivity index (χ0v) is 54.5. The molecule has 1 rings (SSSR count). The highest BCUT2D eigenvalue weighted by Gasteiger charge is 2.44. The summed E-state index contributed by atoms with van der Waals surface area (Å²) in [7, 11) is 0. The number of unbranched alkanes of at least 4 members (excludes halogenated alkanes) is 24. The molecule has 0 aromatic rings. The molecule has 86 heavy (non-hydrogen) atoms. The van der Waals surface area contributed by atoms with E-state index in [-0.39, 0.29) is 18.9 Å². The van der Waals surface area contributed by atoms with Gasteiger partial charge in [0.25, 0.3) is 0 Å². The maximum absolute atomic E-state index is 13.1. The van der Waals surface area contributed by atoms with Crippen molar-refractivity contribution in [1.82, 2.24) is 5.32 Å². The average Bonchev–Trinajstić information content (AvgIpc) is 3.55. The summed E-state index contributed by atoms with van der Waals surface area (Å²) in [4.78, 5) is 13.1. The lowest BCUT2D eigenvalue weighted by molar-refractivity contribution is -0.302. The van der Waals surface area contributed by atoms with Gasteiger partial charge in [-0.2, -0.15) is 0 Å². The minimum absolute atomic E-state index is 0.215. The Bertz CT molecular complexity index is 1920. The van der Waals surface area contributed by atoms with Crippen LogP contribution in [0, 0.1) is 0 Å². The SMILES string of the molecule is CC/C=C\C/C=C\C/C=C\C/C=C\C/C=C\C/C=C\C/C=C\C/C=C\C/C=C\C/C=C\C/C=C\C/C=C\CCCCC(=O)NC(COC1OC(CO)C(O)C(O)C1O)C(O)/C=C/CCCCCCCCCCCCCCCCCCCCCCCC. The van der Waals surface area contributed by atoms with Gasteiger partial charge in [0, 0.05) is 6.42 Å². The van der Waals surface area contributed by atoms with Crippen molar-refractivity contribution in [3.05, 3.63) is 158 Å². The molecule has 488 valence electrons. The molecule has 0 aromatic heterocycles. The average molecular weight is 1190 g/mol. The lowest BCUT2D eigenvalue weighted by Gasteiger charge is -2.40. The number of ether oxygens (including phenoxy) is 2. The monoisotopic (exact) mass is 1190 g/mol. The summed E-state index contributed by atoms with van der Waals surface area (Å²) in [5.41, 5.74) is 0. The molecular formula is C77H127NO8. The molecular weight excluding hydrogens is 1070 g/mol. The van der Waals surface area contributed by atoms with Gasteiger partial charge in [-0.1, -0.05) is 307 Å². The minimum atomic E-state index is -1.59. The molecule has 1 heterocycles. The Morgan fingerprint density at radius 3 is 1.07 bits per heavy atom. The van der Waals surface area contributed by atoms with E-state index in [1.54, 1.807) is 6.08 Å². The van der Waals surface area contributed by atoms with Crippen LogP contribution >= 0.6 is 0 Å². The molecule has 1 saturated heterocycles. The normalized spacial score (nSPS) is 19.1. The quantitative estimate of drug-likeness (QED) is 0.0261. The highest BCUT2D eigenvalue weighted by molar-refractivity contribution is 5.76. The second-order valence-corrected chi connectivity index (χ2v) is 23.2. The third-order valence-corrected chi connectivity index (χ3v) is 15.4. The first kappa shape index (κ1) is 79.8. The number of amides is 1. The molecule has 1 aliphatic rings. The molecule has 0 spiro atoms. The van der Waals surface area contributed by atoms with Crippen LogP contribution < -0.4 is 5.32 Å². The number of aliphatic hydroxyl groups is 5. The van der Waals surface area contributed by atoms with E-state index in [9.17, 15) is 30.3 Å². The van der Waals surface area contributed by atoms with Crippen LogP contribution in [0.3, 0.4) is 0 Å². The van der Waals surface area contributed by atoms with Gasteiger partial charge >= 0.3 is 0 Å². The van der Waals surface area contributed by atoms with Crippen molar-refractivity contribution in [1.29, 1.82) is 0 Å². The van der Waals surface area contributed by atoms with Crippen molar-refractivity contribution in [2.45, 2.75) is 307 Å². The van der Waals surface area contributed by atoms with E-state index in [0.717, 1.165) is 109 Å². The van der Waals surface area contributed by atoms with Crippen LogP contribution in [0.15, 0.2) is 158 Å². The third-order valence-electron chi connectivity index (χ3n) is 15.4. The van der Waals surface area contributed by atoms with Gasteiger partial charge in [0.1, 0.15) is 24.4 Å². The molecule has 0 bridgehead atoms. The maximum Gasteiger partial charge on any atom is 0.220 e. The highest BCUT2D eigenvalue weighted by atomic mass is 16.7. The Morgan fingerprint density at radius 2 is 0.721 bits per heavy atom. The largest absolute Gasteiger partial charge is 0.394 e. The number of hydrogen-bond acceptors (Lipinski definition) is 8. The number of aliphatic hydroxyl groups excluding tert-OH is 5. The molecule has 0 aliphatic carbocycles. The predicted molar refractivity (Wildman–Crippen MR) is 368 cm³/mol. The molecule has 1 fully saturated rings. The van der Waals surface area contributed by atoms with E-state index in [1.165, 1.54) is 128 Å². The van der Waals surface area contributed by atoms with Crippen molar-refractivity contribution in [3.63, 3.8) is 0 Å². The molecule has 0 aromatic carbocycles. The number of nitrogens with one attached hydrogen (secondary N) is 1. The fourth-order valence-electron chi connectivity index (χ4n) is 9.96. The molecule has 7 unspecified atom stereocenters. The minimum Gasteiger partial charge on any atom is -0.394 e. The van der Waals surface area contributed by atoms with Crippen LogP contribution in [0.1, 0.15) is 264 Å². The van der Waals surface area contributed by atoms with Gasteiger partial charge in [0.05, 0.1) is 25.4 Å². The Labute approximate surface area is 526 Å². The number of hydrogen-bond donors (Lipinski definition) is 6. The van der Waals surface area contributed by atoms with Crippen LogP contribution in [0.2, 0.25) is 0 Å². The van der Waals surface area contributed by atoms with Gasteiger partial charge in [-0.05, 0) is 109 Å². The molecule has 1 aliphatic heterocycles. The van der Waals surface area contributed by atoms with E-state index >= 15 is 0 Å². The molecule has 0 radical (unpaired) electrons. The lowest BCUT2D eigenvalue weighted by Crippen LogP contribution is -2.60. The van der Waals surface area contributed by atoms with Crippen LogP contribution in [0.4, 0.5) is 0 Å². The summed E-state index contributed by atoms with van der Waals surface area (Å²) in [6.07, 6.45) is 93.3. The topological polar surface area (TPSA) is 149 Å². The fourth-order valence-corrected chi connectivity index (χ4v) is 9.96. The molecule has 1 amide bonds. The Balaban J connectivity index is 2.22. The Morgan fingerprint density at radius 1 is 0.407 bits per heavy atom. The number of rotatable bonds is 58. The molecule has 9 nitrogen and oxygen atoms in total. The zero-order valence-electron chi connectivity index (χ0n) is 54.5. The van der Waals surface area contributed by atoms with Gasteiger partial charge in [0.2, 0.25) is 5.91 Å². The second kappa shape index (κ2) is 63.8. The smallest absolute Gasteiger partial charge is 0.220 e. The summed E-state index contributed by atoms with van der Waals surface area (Å²) >= 11 is 0. The first-order valence-corrected chi connectivity index (χ1v) is 34.7. The standard InChI is InChI=1S/C77H127NO8/c1-3-5-7-9-11-13-15-17-19-21-23-25-27-29-30-31-32-33-34-35-36-37-38-39-40-41-42-43-45-47-49-51-53-55-57-59-61-63-65-67-73(81)78-70(69-85-77-76(84)75(83)74(82)72(68-79)86-77)71(80)66-64-62-60-58-56-54-52-50-48-46-44-28-26-24-22-20-18-16-14-12-10-8-6-4-2/h5,7,11,13,17,19,23,25,29-30,32-33,35-36,38-39,41-42,45,47,51,53,57,59,64,66,70-72,74-77,79-80,82-84H,3-4,6,8-10,12,14-16,18,20-22,24,26-28,31,34,37,40,43-44,46,48-50,52,54-56,58,60-63,65,67-69H2,1-2H3,(H,78,81)/b7-5-,13-11-,19-17-,25-23-,30-29-,33-32-,36-35-,39-38-,42-41-,47-45-,53-51-,59-57-,66-64+. The summed E-state index contributed by atoms with van der Waals surface area (Å²) in [5, 5.41) is 54.7. The fraction of sp³-hybridized carbons (Fsp3) is 0.649. The second-order valence-electron chi connectivity index (χ2n) is 23.2. The summed E-state index contributed by atoms with van der Waals surface area (Å²) in [5.74, 6) is -0.223. The van der Waals surface area contributed by atoms with Gasteiger partial charge in [0.15, 0.2) is 6.29 Å². The number of carbonyl (C=O) groups excluding carboxylic acids is 1. The molecule has 6 N–H and O–H groups in total. The number of allylic oxidation sites excluding steroid dienone is 25. The van der Waals surface area contributed by atoms with Gasteiger partial charge in [-0.25, -0.2) is 0 Å². The summed E-state index contributed by atoms with van der Waals surface area (Å²) < 4.78 is 11.3. The maximum atomic E-state index is 13.1. The molecule has 0 saturated carbocycles. The van der Waals surface area contributed by atoms with Crippen LogP contribution in [0.25, 0.3) is 0 Å². The lowest BCUT2D eigenvalue weighted by atomic mass is 9.99. The summed E-state index contributed by atoms with van der Waals surface area (Å²) in [6.45, 7) is 3.65. The Kier molecular flexibility index (Phi) is 59.2. The van der Waals surface area contributed by atoms with Gasteiger partial charge in [-0.15, -0.1) is 0 Å². The van der Waals surface area contributed by atoms with Crippen molar-refractivity contribution in [2.75, 3.05) is 13.2 Å². The Hall–Kier alpha value is -4.19. The van der Waals surface area contributed by atoms with Crippen molar-refractivity contribution >= 4 is 5.91 Å². The van der Waals surface area contributed by atoms with Gasteiger partial charge < -0.3 is 40.3 Å². The van der Waals surface area contributed by atoms with Crippen LogP contribution in [-0.2, 0) is 14.3 Å². The van der Waals surface area contributed by atoms with Crippen molar-refractivity contribution in [2.24, 2.45) is 0 Å². The van der Waals surface area contributed by atoms with Gasteiger partial charge in [-0.3, -0.25) is 4.79 Å². The van der Waals surface area contributed by atoms with E-state index in [0.29, 0.717) is 6.42 Å².